The average Bonchev–Trinajstić information content (AvgIpc) is 3.11. The first-order valence-electron chi connectivity index (χ1n) is 9.04. The zero-order valence-electron chi connectivity index (χ0n) is 15.6. The van der Waals surface area contributed by atoms with Crippen molar-refractivity contribution in [2.75, 3.05) is 31.1 Å². The maximum absolute atomic E-state index is 13.1. The molecule has 0 radical (unpaired) electrons. The Hall–Kier alpha value is -3.11. The predicted octanol–water partition coefficient (Wildman–Crippen LogP) is 0.0335. The van der Waals surface area contributed by atoms with Gasteiger partial charge in [-0.25, -0.2) is 4.79 Å². The van der Waals surface area contributed by atoms with E-state index >= 15 is 0 Å². The monoisotopic (exact) mass is 418 g/mol. The Morgan fingerprint density at radius 2 is 1.93 bits per heavy atom. The molecule has 0 unspecified atom stereocenters. The topological polar surface area (TPSA) is 114 Å². The first-order valence-corrected chi connectivity index (χ1v) is 9.42. The van der Waals surface area contributed by atoms with Crippen LogP contribution in [0.4, 0.5) is 5.95 Å². The first kappa shape index (κ1) is 19.2. The van der Waals surface area contributed by atoms with Gasteiger partial charge in [-0.15, -0.1) is 0 Å². The molecule has 152 valence electrons. The Balaban J connectivity index is 2.14. The smallest absolute Gasteiger partial charge is 0.333 e. The summed E-state index contributed by atoms with van der Waals surface area (Å²) in [5.74, 6) is -0.764. The lowest BCUT2D eigenvalue weighted by atomic mass is 10.3. The third-order valence-corrected chi connectivity index (χ3v) is 5.23. The van der Waals surface area contributed by atoms with Crippen LogP contribution >= 0.6 is 11.6 Å². The fourth-order valence-corrected chi connectivity index (χ4v) is 3.73. The molecule has 0 atom stereocenters. The van der Waals surface area contributed by atoms with E-state index in [2.05, 4.69) is 10.3 Å². The molecule has 3 heterocycles. The molecule has 2 aromatic heterocycles. The summed E-state index contributed by atoms with van der Waals surface area (Å²) in [6, 6.07) is 7.00. The van der Waals surface area contributed by atoms with Gasteiger partial charge in [0.1, 0.15) is 6.54 Å². The van der Waals surface area contributed by atoms with Crippen molar-refractivity contribution in [1.82, 2.24) is 24.0 Å². The summed E-state index contributed by atoms with van der Waals surface area (Å²) in [4.78, 5) is 43.6. The molecule has 3 aromatic rings. The minimum atomic E-state index is -1.21. The van der Waals surface area contributed by atoms with E-state index in [1.54, 1.807) is 28.8 Å². The fourth-order valence-electron chi connectivity index (χ4n) is 3.51. The Kier molecular flexibility index (Phi) is 4.89. The maximum atomic E-state index is 13.1. The summed E-state index contributed by atoms with van der Waals surface area (Å²) in [5, 5.41) is 12.9. The van der Waals surface area contributed by atoms with Gasteiger partial charge in [-0.1, -0.05) is 23.7 Å². The molecule has 2 N–H and O–H groups in total. The van der Waals surface area contributed by atoms with E-state index in [1.807, 2.05) is 4.90 Å². The third-order valence-electron chi connectivity index (χ3n) is 4.91. The molecule has 0 spiro atoms. The molecule has 4 rings (SSSR count). The van der Waals surface area contributed by atoms with Crippen molar-refractivity contribution in [1.29, 1.82) is 0 Å². The summed E-state index contributed by atoms with van der Waals surface area (Å²) in [5.41, 5.74) is -0.646. The van der Waals surface area contributed by atoms with Crippen molar-refractivity contribution in [3.63, 3.8) is 0 Å². The van der Waals surface area contributed by atoms with Crippen molar-refractivity contribution in [2.45, 2.75) is 6.54 Å². The second-order valence-electron chi connectivity index (χ2n) is 6.73. The maximum Gasteiger partial charge on any atom is 0.333 e. The van der Waals surface area contributed by atoms with Crippen LogP contribution in [0.25, 0.3) is 16.9 Å². The number of imidazole rings is 1. The summed E-state index contributed by atoms with van der Waals surface area (Å²) >= 11 is 6.42. The molecule has 10 nitrogen and oxygen atoms in total. The van der Waals surface area contributed by atoms with Gasteiger partial charge in [0.05, 0.1) is 10.7 Å². The highest BCUT2D eigenvalue weighted by atomic mass is 35.5. The summed E-state index contributed by atoms with van der Waals surface area (Å²) in [6.45, 7) is 2.12. The number of carbonyl (C=O) groups is 1. The van der Waals surface area contributed by atoms with Crippen molar-refractivity contribution in [3.05, 3.63) is 50.1 Å². The van der Waals surface area contributed by atoms with Gasteiger partial charge in [-0.2, -0.15) is 4.98 Å². The fraction of sp³-hybridized carbons (Fsp3) is 0.333. The van der Waals surface area contributed by atoms with Gasteiger partial charge < -0.3 is 15.3 Å². The summed E-state index contributed by atoms with van der Waals surface area (Å²) in [7, 11) is 1.32. The van der Waals surface area contributed by atoms with Gasteiger partial charge in [0, 0.05) is 33.2 Å². The number of anilines is 1. The minimum Gasteiger partial charge on any atom is -0.480 e. The molecule has 11 heteroatoms. The number of fused-ring (bicyclic) bond motifs is 1. The molecule has 1 aliphatic rings. The van der Waals surface area contributed by atoms with Crippen LogP contribution in [0.2, 0.25) is 5.02 Å². The van der Waals surface area contributed by atoms with Gasteiger partial charge in [0.25, 0.3) is 5.56 Å². The Morgan fingerprint density at radius 3 is 2.59 bits per heavy atom. The number of rotatable bonds is 4. The second kappa shape index (κ2) is 7.37. The highest BCUT2D eigenvalue weighted by molar-refractivity contribution is 6.32. The molecule has 0 aliphatic carbocycles. The first-order chi connectivity index (χ1) is 13.9. The van der Waals surface area contributed by atoms with Crippen molar-refractivity contribution in [3.8, 4) is 5.69 Å². The van der Waals surface area contributed by atoms with E-state index in [0.29, 0.717) is 29.7 Å². The van der Waals surface area contributed by atoms with Crippen LogP contribution in [-0.4, -0.2) is 55.9 Å². The molecule has 0 bridgehead atoms. The minimum absolute atomic E-state index is 0.0222. The highest BCUT2D eigenvalue weighted by Crippen LogP contribution is 2.29. The number of nitrogens with one attached hydrogen (secondary N) is 1. The lowest BCUT2D eigenvalue weighted by Crippen LogP contribution is -2.44. The highest BCUT2D eigenvalue weighted by Gasteiger charge is 2.26. The number of benzene rings is 1. The van der Waals surface area contributed by atoms with E-state index in [4.69, 9.17) is 11.6 Å². The normalized spacial score (nSPS) is 14.5. The van der Waals surface area contributed by atoms with Crippen LogP contribution in [0.1, 0.15) is 0 Å². The van der Waals surface area contributed by atoms with E-state index in [-0.39, 0.29) is 11.2 Å². The van der Waals surface area contributed by atoms with Gasteiger partial charge in [-0.3, -0.25) is 23.3 Å². The Morgan fingerprint density at radius 1 is 1.24 bits per heavy atom. The van der Waals surface area contributed by atoms with Gasteiger partial charge in [-0.05, 0) is 12.1 Å². The molecule has 0 amide bonds. The molecule has 1 aliphatic heterocycles. The SMILES string of the molecule is Cn1c(=O)c2c(nc(N3CCNCC3)n2-c2ccccc2Cl)n(CC(=O)O)c1=O. The van der Waals surface area contributed by atoms with E-state index in [9.17, 15) is 19.5 Å². The van der Waals surface area contributed by atoms with Crippen LogP contribution in [0.3, 0.4) is 0 Å². The number of carboxylic acids is 1. The number of aromatic nitrogens is 4. The van der Waals surface area contributed by atoms with Crippen LogP contribution in [-0.2, 0) is 18.4 Å². The van der Waals surface area contributed by atoms with Crippen LogP contribution in [0.5, 0.6) is 0 Å². The molecular weight excluding hydrogens is 400 g/mol. The zero-order chi connectivity index (χ0) is 20.7. The molecule has 1 fully saturated rings. The number of hydrogen-bond acceptors (Lipinski definition) is 6. The van der Waals surface area contributed by atoms with E-state index < -0.39 is 23.8 Å². The van der Waals surface area contributed by atoms with Crippen LogP contribution in [0, 0.1) is 0 Å². The average molecular weight is 419 g/mol. The van der Waals surface area contributed by atoms with E-state index in [0.717, 1.165) is 22.2 Å². The number of aliphatic carboxylic acids is 1. The van der Waals surface area contributed by atoms with E-state index in [1.165, 1.54) is 7.05 Å². The molecular formula is C18H19ClN6O4. The van der Waals surface area contributed by atoms with Gasteiger partial charge in [0.15, 0.2) is 11.2 Å². The second-order valence-corrected chi connectivity index (χ2v) is 7.14. The van der Waals surface area contributed by atoms with Crippen molar-refractivity contribution in [2.24, 2.45) is 7.05 Å². The number of hydrogen-bond donors (Lipinski definition) is 2. The van der Waals surface area contributed by atoms with Crippen molar-refractivity contribution < 1.29 is 9.90 Å². The third kappa shape index (κ3) is 3.19. The lowest BCUT2D eigenvalue weighted by molar-refractivity contribution is -0.137. The van der Waals surface area contributed by atoms with Gasteiger partial charge in [0.2, 0.25) is 5.95 Å². The number of para-hydroxylation sites is 1. The molecule has 0 saturated carbocycles. The number of halogens is 1. The van der Waals surface area contributed by atoms with Crippen LogP contribution < -0.4 is 21.5 Å². The summed E-state index contributed by atoms with van der Waals surface area (Å²) < 4.78 is 3.50. The summed E-state index contributed by atoms with van der Waals surface area (Å²) in [6.07, 6.45) is 0. The standard InChI is InChI=1S/C18H19ClN6O4/c1-22-16(28)14-15(24(18(22)29)10-13(26)27)21-17(23-8-6-20-7-9-23)25(14)12-5-3-2-4-11(12)19/h2-5,20H,6-10H2,1H3,(H,26,27). The molecule has 29 heavy (non-hydrogen) atoms. The Bertz CT molecular complexity index is 1220. The lowest BCUT2D eigenvalue weighted by Gasteiger charge is -2.28. The zero-order valence-corrected chi connectivity index (χ0v) is 16.4. The predicted molar refractivity (Wildman–Crippen MR) is 108 cm³/mol. The number of carboxylic acid groups (broad SMARTS) is 1. The number of piperazine rings is 1. The number of nitrogens with zero attached hydrogens (tertiary/aromatic N) is 5. The largest absolute Gasteiger partial charge is 0.480 e. The Labute approximate surface area is 169 Å². The quantitative estimate of drug-likeness (QED) is 0.614. The van der Waals surface area contributed by atoms with Crippen molar-refractivity contribution >= 4 is 34.7 Å². The van der Waals surface area contributed by atoms with Gasteiger partial charge >= 0.3 is 11.7 Å². The molecule has 1 saturated heterocycles. The van der Waals surface area contributed by atoms with Crippen LogP contribution in [0.15, 0.2) is 33.9 Å². The molecule has 1 aromatic carbocycles.